The molecular weight excluding hydrogens is 356 g/mol. The maximum atomic E-state index is 13.9. The average Bonchev–Trinajstić information content (AvgIpc) is 3.26. The van der Waals surface area contributed by atoms with Gasteiger partial charge in [-0.15, -0.1) is 0 Å². The van der Waals surface area contributed by atoms with Crippen molar-refractivity contribution < 1.29 is 8.78 Å². The van der Waals surface area contributed by atoms with Crippen molar-refractivity contribution in [2.45, 2.75) is 0 Å². The maximum absolute atomic E-state index is 13.9. The Labute approximate surface area is 158 Å². The molecule has 0 saturated heterocycles. The molecule has 3 aromatic heterocycles. The highest BCUT2D eigenvalue weighted by Gasteiger charge is 2.17. The summed E-state index contributed by atoms with van der Waals surface area (Å²) >= 11 is 0. The minimum atomic E-state index is -0.346. The van der Waals surface area contributed by atoms with Crippen molar-refractivity contribution in [3.05, 3.63) is 90.6 Å². The van der Waals surface area contributed by atoms with Crippen LogP contribution in [0.25, 0.3) is 43.9 Å². The Morgan fingerprint density at radius 2 is 1.29 bits per heavy atom. The number of aromatic nitrogens is 3. The Hall–Kier alpha value is -3.73. The Morgan fingerprint density at radius 3 is 2.00 bits per heavy atom. The minimum absolute atomic E-state index is 0.346. The van der Waals surface area contributed by atoms with Gasteiger partial charge < -0.3 is 4.57 Å². The van der Waals surface area contributed by atoms with E-state index in [0.717, 1.165) is 33.1 Å². The summed E-state index contributed by atoms with van der Waals surface area (Å²) in [5, 5.41) is 7.04. The second-order valence-electron chi connectivity index (χ2n) is 6.88. The Morgan fingerprint density at radius 1 is 0.643 bits per heavy atom. The summed E-state index contributed by atoms with van der Waals surface area (Å²) in [5.74, 6) is -0.691. The largest absolute Gasteiger partial charge is 0.306 e. The third-order valence-electron chi connectivity index (χ3n) is 5.30. The monoisotopic (exact) mass is 369 g/mol. The van der Waals surface area contributed by atoms with Crippen molar-refractivity contribution in [1.82, 2.24) is 14.2 Å². The summed E-state index contributed by atoms with van der Waals surface area (Å²) in [6, 6.07) is 21.3. The van der Waals surface area contributed by atoms with E-state index in [1.54, 1.807) is 18.3 Å². The third-order valence-corrected chi connectivity index (χ3v) is 5.30. The molecule has 0 aliphatic carbocycles. The molecule has 5 heteroatoms. The molecule has 3 heterocycles. The van der Waals surface area contributed by atoms with Crippen molar-refractivity contribution in [3.63, 3.8) is 0 Å². The van der Waals surface area contributed by atoms with Gasteiger partial charge >= 0.3 is 0 Å². The lowest BCUT2D eigenvalue weighted by molar-refractivity contribution is 0.628. The van der Waals surface area contributed by atoms with Gasteiger partial charge in [0, 0.05) is 16.2 Å². The molecule has 0 amide bonds. The van der Waals surface area contributed by atoms with Gasteiger partial charge in [0.2, 0.25) is 0 Å². The van der Waals surface area contributed by atoms with Crippen LogP contribution in [0.4, 0.5) is 8.78 Å². The van der Waals surface area contributed by atoms with Crippen molar-refractivity contribution >= 4 is 38.2 Å². The molecule has 0 bridgehead atoms. The highest BCUT2D eigenvalue weighted by molar-refractivity contribution is 6.09. The van der Waals surface area contributed by atoms with Crippen LogP contribution in [0.1, 0.15) is 0 Å². The highest BCUT2D eigenvalue weighted by atomic mass is 19.1. The zero-order chi connectivity index (χ0) is 18.8. The second kappa shape index (κ2) is 5.39. The molecule has 0 aliphatic heterocycles. The molecule has 28 heavy (non-hydrogen) atoms. The summed E-state index contributed by atoms with van der Waals surface area (Å²) in [6.45, 7) is 0. The van der Waals surface area contributed by atoms with Gasteiger partial charge in [0.1, 0.15) is 11.6 Å². The van der Waals surface area contributed by atoms with Gasteiger partial charge in [-0.05, 0) is 48.5 Å². The van der Waals surface area contributed by atoms with Gasteiger partial charge in [0.05, 0.1) is 34.0 Å². The van der Waals surface area contributed by atoms with Crippen LogP contribution in [0.15, 0.2) is 79.0 Å². The molecule has 6 rings (SSSR count). The summed E-state index contributed by atoms with van der Waals surface area (Å²) in [7, 11) is 0. The number of fused-ring (bicyclic) bond motifs is 6. The average molecular weight is 369 g/mol. The molecule has 0 spiro atoms. The number of hydrogen-bond donors (Lipinski definition) is 0. The standard InChI is InChI=1S/C23H13F2N3/c24-15-6-9-20-17(11-15)18-12-16(25)7-10-21(18)27(20)23-13-26-28-19-4-2-1-3-14(19)5-8-22(23)28/h1-13H. The molecule has 0 saturated carbocycles. The van der Waals surface area contributed by atoms with Gasteiger partial charge in [-0.1, -0.05) is 24.3 Å². The molecule has 3 nitrogen and oxygen atoms in total. The maximum Gasteiger partial charge on any atom is 0.123 e. The van der Waals surface area contributed by atoms with Gasteiger partial charge in [-0.25, -0.2) is 13.3 Å². The molecule has 0 unspecified atom stereocenters. The van der Waals surface area contributed by atoms with Crippen molar-refractivity contribution in [2.75, 3.05) is 0 Å². The van der Waals surface area contributed by atoms with Crippen LogP contribution in [0.5, 0.6) is 0 Å². The van der Waals surface area contributed by atoms with Gasteiger partial charge in [0.15, 0.2) is 0 Å². The van der Waals surface area contributed by atoms with E-state index in [9.17, 15) is 8.78 Å². The van der Waals surface area contributed by atoms with Crippen LogP contribution in [-0.4, -0.2) is 14.2 Å². The molecule has 0 radical (unpaired) electrons. The van der Waals surface area contributed by atoms with Crippen molar-refractivity contribution in [2.24, 2.45) is 0 Å². The van der Waals surface area contributed by atoms with E-state index in [4.69, 9.17) is 0 Å². The fraction of sp³-hybridized carbons (Fsp3) is 0. The predicted octanol–water partition coefficient (Wildman–Crippen LogP) is 5.86. The Kier molecular flexibility index (Phi) is 2.95. The van der Waals surface area contributed by atoms with Crippen LogP contribution in [-0.2, 0) is 0 Å². The van der Waals surface area contributed by atoms with Gasteiger partial charge in [-0.2, -0.15) is 5.10 Å². The van der Waals surface area contributed by atoms with Crippen LogP contribution in [0, 0.1) is 11.6 Å². The summed E-state index contributed by atoms with van der Waals surface area (Å²) in [4.78, 5) is 0. The van der Waals surface area contributed by atoms with Crippen LogP contribution >= 0.6 is 0 Å². The first-order valence-corrected chi connectivity index (χ1v) is 8.96. The Bertz CT molecular complexity index is 1480. The number of para-hydroxylation sites is 1. The lowest BCUT2D eigenvalue weighted by atomic mass is 10.1. The molecule has 134 valence electrons. The van der Waals surface area contributed by atoms with Crippen LogP contribution < -0.4 is 0 Å². The Balaban J connectivity index is 1.78. The molecule has 0 fully saturated rings. The molecule has 3 aromatic carbocycles. The number of halogens is 2. The van der Waals surface area contributed by atoms with Gasteiger partial charge in [0.25, 0.3) is 0 Å². The van der Waals surface area contributed by atoms with E-state index in [-0.39, 0.29) is 11.6 Å². The van der Waals surface area contributed by atoms with E-state index in [2.05, 4.69) is 11.2 Å². The minimum Gasteiger partial charge on any atom is -0.306 e. The lowest BCUT2D eigenvalue weighted by Gasteiger charge is -2.07. The first-order chi connectivity index (χ1) is 13.7. The summed E-state index contributed by atoms with van der Waals surface area (Å²) < 4.78 is 31.8. The van der Waals surface area contributed by atoms with E-state index in [1.165, 1.54) is 24.3 Å². The number of pyridine rings is 1. The first kappa shape index (κ1) is 15.3. The van der Waals surface area contributed by atoms with E-state index < -0.39 is 0 Å². The fourth-order valence-electron chi connectivity index (χ4n) is 4.09. The molecule has 0 N–H and O–H groups in total. The van der Waals surface area contributed by atoms with Crippen molar-refractivity contribution in [1.29, 1.82) is 0 Å². The molecule has 0 atom stereocenters. The quantitative estimate of drug-likeness (QED) is 0.356. The highest BCUT2D eigenvalue weighted by Crippen LogP contribution is 2.34. The number of nitrogens with zero attached hydrogens (tertiary/aromatic N) is 3. The number of rotatable bonds is 1. The van der Waals surface area contributed by atoms with Crippen LogP contribution in [0.2, 0.25) is 0 Å². The zero-order valence-electron chi connectivity index (χ0n) is 14.6. The molecular formula is C23H13F2N3. The predicted molar refractivity (Wildman–Crippen MR) is 107 cm³/mol. The van der Waals surface area contributed by atoms with Crippen molar-refractivity contribution in [3.8, 4) is 5.69 Å². The smallest absolute Gasteiger partial charge is 0.123 e. The normalized spacial score (nSPS) is 11.9. The lowest BCUT2D eigenvalue weighted by Crippen LogP contribution is -1.94. The summed E-state index contributed by atoms with van der Waals surface area (Å²) in [5.41, 5.74) is 4.41. The fourth-order valence-corrected chi connectivity index (χ4v) is 4.09. The third kappa shape index (κ3) is 1.98. The second-order valence-corrected chi connectivity index (χ2v) is 6.88. The van der Waals surface area contributed by atoms with E-state index in [0.29, 0.717) is 10.8 Å². The van der Waals surface area contributed by atoms with Gasteiger partial charge in [-0.3, -0.25) is 0 Å². The molecule has 6 aromatic rings. The van der Waals surface area contributed by atoms with E-state index >= 15 is 0 Å². The molecule has 0 aliphatic rings. The zero-order valence-corrected chi connectivity index (χ0v) is 14.6. The topological polar surface area (TPSA) is 22.2 Å². The van der Waals surface area contributed by atoms with Crippen LogP contribution in [0.3, 0.4) is 0 Å². The first-order valence-electron chi connectivity index (χ1n) is 8.96. The SMILES string of the molecule is Fc1ccc2c(c1)c1cc(F)ccc1n2-c1cnn2c1ccc1ccccc12. The number of benzene rings is 3. The summed E-state index contributed by atoms with van der Waals surface area (Å²) in [6.07, 6.45) is 1.80. The number of hydrogen-bond acceptors (Lipinski definition) is 1. The van der Waals surface area contributed by atoms with E-state index in [1.807, 2.05) is 39.4 Å².